The van der Waals surface area contributed by atoms with Gasteiger partial charge in [0, 0.05) is 31.5 Å². The van der Waals surface area contributed by atoms with Gasteiger partial charge in [-0.1, -0.05) is 6.07 Å². The topological polar surface area (TPSA) is 110 Å². The number of amides is 1. The number of hydrogen-bond acceptors (Lipinski definition) is 6. The smallest absolute Gasteiger partial charge is 0.269 e. The summed E-state index contributed by atoms with van der Waals surface area (Å²) in [7, 11) is -3.57. The zero-order valence-electron chi connectivity index (χ0n) is 14.0. The van der Waals surface area contributed by atoms with Gasteiger partial charge in [-0.05, 0) is 43.5 Å². The molecule has 25 heavy (non-hydrogen) atoms. The van der Waals surface area contributed by atoms with E-state index in [1.165, 1.54) is 12.1 Å². The summed E-state index contributed by atoms with van der Waals surface area (Å²) in [5.41, 5.74) is 1.66. The lowest BCUT2D eigenvalue weighted by molar-refractivity contribution is -0.385. The van der Waals surface area contributed by atoms with Gasteiger partial charge in [0.1, 0.15) is 0 Å². The van der Waals surface area contributed by atoms with Crippen molar-refractivity contribution in [2.45, 2.75) is 30.6 Å². The van der Waals surface area contributed by atoms with Crippen molar-refractivity contribution in [3.8, 4) is 0 Å². The fraction of sp³-hybridized carbons (Fsp3) is 0.562. The van der Waals surface area contributed by atoms with Gasteiger partial charge >= 0.3 is 0 Å². The minimum atomic E-state index is -3.57. The van der Waals surface area contributed by atoms with Crippen molar-refractivity contribution in [2.75, 3.05) is 25.9 Å². The monoisotopic (exact) mass is 367 g/mol. The van der Waals surface area contributed by atoms with Gasteiger partial charge in [0.05, 0.1) is 4.92 Å². The minimum Gasteiger partial charge on any atom is -0.337 e. The highest BCUT2D eigenvalue weighted by atomic mass is 32.2. The second-order valence-electron chi connectivity index (χ2n) is 6.70. The van der Waals surface area contributed by atoms with Crippen molar-refractivity contribution in [3.63, 3.8) is 0 Å². The van der Waals surface area contributed by atoms with Gasteiger partial charge < -0.3 is 10.2 Å². The highest BCUT2D eigenvalue weighted by Crippen LogP contribution is 2.32. The molecule has 0 unspecified atom stereocenters. The first-order valence-corrected chi connectivity index (χ1v) is 10.1. The number of sulfone groups is 1. The van der Waals surface area contributed by atoms with Crippen LogP contribution in [0, 0.1) is 10.1 Å². The van der Waals surface area contributed by atoms with E-state index >= 15 is 0 Å². The van der Waals surface area contributed by atoms with Crippen LogP contribution in [0.15, 0.2) is 18.2 Å². The Bertz CT molecular complexity index is 815. The normalized spacial score (nSPS) is 20.0. The first-order valence-electron chi connectivity index (χ1n) is 8.20. The molecule has 1 amide bonds. The van der Waals surface area contributed by atoms with Gasteiger partial charge in [0.2, 0.25) is 5.91 Å². The maximum absolute atomic E-state index is 13.1. The van der Waals surface area contributed by atoms with E-state index in [4.69, 9.17) is 0 Å². The van der Waals surface area contributed by atoms with Gasteiger partial charge in [0.15, 0.2) is 14.6 Å². The Kier molecular flexibility index (Phi) is 4.54. The quantitative estimate of drug-likeness (QED) is 0.620. The van der Waals surface area contributed by atoms with Gasteiger partial charge in [-0.3, -0.25) is 14.9 Å². The van der Waals surface area contributed by atoms with Crippen LogP contribution in [0.25, 0.3) is 0 Å². The van der Waals surface area contributed by atoms with Gasteiger partial charge in [-0.25, -0.2) is 8.42 Å². The molecule has 1 saturated heterocycles. The van der Waals surface area contributed by atoms with E-state index in [9.17, 15) is 23.3 Å². The molecule has 0 atom stereocenters. The van der Waals surface area contributed by atoms with Crippen LogP contribution in [0.1, 0.15) is 24.0 Å². The summed E-state index contributed by atoms with van der Waals surface area (Å²) < 4.78 is 23.4. The van der Waals surface area contributed by atoms with Crippen LogP contribution in [-0.2, 0) is 27.6 Å². The molecule has 9 heteroatoms. The predicted molar refractivity (Wildman–Crippen MR) is 91.9 cm³/mol. The van der Waals surface area contributed by atoms with Crippen LogP contribution in [0.5, 0.6) is 0 Å². The first kappa shape index (κ1) is 17.8. The number of rotatable bonds is 3. The molecule has 3 rings (SSSR count). The highest BCUT2D eigenvalue weighted by Gasteiger charge is 2.50. The number of hydrogen-bond donors (Lipinski definition) is 1. The Labute approximate surface area is 146 Å². The van der Waals surface area contributed by atoms with Crippen molar-refractivity contribution < 1.29 is 18.1 Å². The number of carbonyl (C=O) groups is 1. The lowest BCUT2D eigenvalue weighted by Crippen LogP contribution is -2.58. The van der Waals surface area contributed by atoms with Crippen LogP contribution in [-0.4, -0.2) is 54.8 Å². The molecule has 0 spiro atoms. The van der Waals surface area contributed by atoms with Crippen molar-refractivity contribution in [1.29, 1.82) is 0 Å². The summed E-state index contributed by atoms with van der Waals surface area (Å²) in [4.78, 5) is 25.2. The minimum absolute atomic E-state index is 0.0206. The number of nitrogens with one attached hydrogen (secondary N) is 1. The third-order valence-electron chi connectivity index (χ3n) is 5.21. The van der Waals surface area contributed by atoms with Crippen molar-refractivity contribution in [3.05, 3.63) is 39.4 Å². The molecular weight excluding hydrogens is 346 g/mol. The molecular formula is C16H21N3O5S. The fourth-order valence-corrected chi connectivity index (χ4v) is 5.08. The number of fused-ring (bicyclic) bond motifs is 1. The lowest BCUT2D eigenvalue weighted by Gasteiger charge is -2.40. The van der Waals surface area contributed by atoms with Crippen molar-refractivity contribution in [2.24, 2.45) is 0 Å². The van der Waals surface area contributed by atoms with E-state index in [1.807, 2.05) is 0 Å². The van der Waals surface area contributed by atoms with Crippen LogP contribution in [0.3, 0.4) is 0 Å². The van der Waals surface area contributed by atoms with E-state index in [0.717, 1.165) is 11.8 Å². The molecule has 1 aromatic rings. The van der Waals surface area contributed by atoms with E-state index < -0.39 is 19.5 Å². The molecule has 1 aromatic carbocycles. The number of carbonyl (C=O) groups excluding carboxylic acids is 1. The molecule has 136 valence electrons. The summed E-state index contributed by atoms with van der Waals surface area (Å²) in [5, 5.41) is 14.1. The average molecular weight is 367 g/mol. The van der Waals surface area contributed by atoms with E-state index in [0.29, 0.717) is 31.6 Å². The maximum Gasteiger partial charge on any atom is 0.269 e. The molecule has 1 N–H and O–H groups in total. The Morgan fingerprint density at radius 2 is 1.96 bits per heavy atom. The summed E-state index contributed by atoms with van der Waals surface area (Å²) in [6.07, 6.45) is 2.20. The third kappa shape index (κ3) is 3.13. The summed E-state index contributed by atoms with van der Waals surface area (Å²) >= 11 is 0. The largest absolute Gasteiger partial charge is 0.337 e. The molecule has 2 heterocycles. The van der Waals surface area contributed by atoms with E-state index in [2.05, 4.69) is 5.32 Å². The number of nitrogens with zero attached hydrogens (tertiary/aromatic N) is 2. The number of nitro groups is 1. The van der Waals surface area contributed by atoms with Crippen molar-refractivity contribution >= 4 is 21.4 Å². The summed E-state index contributed by atoms with van der Waals surface area (Å²) in [5.74, 6) is -0.381. The number of non-ortho nitro benzene ring substituents is 1. The standard InChI is InChI=1S/C16H21N3O5S/c1-25(23,24)16(5-7-17-8-6-16)15(20)18-9-4-12-2-3-14(19(21)22)10-13(12)11-18/h2-3,10,17H,4-9,11H2,1H3. The van der Waals surface area contributed by atoms with Gasteiger partial charge in [-0.15, -0.1) is 0 Å². The molecule has 0 aromatic heterocycles. The van der Waals surface area contributed by atoms with E-state index in [1.54, 1.807) is 11.0 Å². The number of piperidine rings is 1. The molecule has 0 radical (unpaired) electrons. The maximum atomic E-state index is 13.1. The zero-order chi connectivity index (χ0) is 18.2. The molecule has 2 aliphatic heterocycles. The second kappa shape index (κ2) is 6.38. The molecule has 1 fully saturated rings. The SMILES string of the molecule is CS(=O)(=O)C1(C(=O)N2CCc3ccc([N+](=O)[O-])cc3C2)CCNCC1. The number of nitro benzene ring substituents is 1. The fourth-order valence-electron chi connectivity index (χ4n) is 3.69. The zero-order valence-corrected chi connectivity index (χ0v) is 14.8. The van der Waals surface area contributed by atoms with Gasteiger partial charge in [0.25, 0.3) is 5.69 Å². The number of benzene rings is 1. The second-order valence-corrected chi connectivity index (χ2v) is 9.03. The molecule has 8 nitrogen and oxygen atoms in total. The summed E-state index contributed by atoms with van der Waals surface area (Å²) in [6, 6.07) is 4.65. The molecule has 0 bridgehead atoms. The Hall–Kier alpha value is -2.00. The van der Waals surface area contributed by atoms with Crippen molar-refractivity contribution in [1.82, 2.24) is 10.2 Å². The van der Waals surface area contributed by atoms with Crippen LogP contribution >= 0.6 is 0 Å². The van der Waals surface area contributed by atoms with Crippen LogP contribution in [0.2, 0.25) is 0 Å². The van der Waals surface area contributed by atoms with E-state index in [-0.39, 0.29) is 31.0 Å². The molecule has 2 aliphatic rings. The Balaban J connectivity index is 1.91. The Morgan fingerprint density at radius 1 is 1.28 bits per heavy atom. The molecule has 0 aliphatic carbocycles. The van der Waals surface area contributed by atoms with Crippen LogP contribution in [0.4, 0.5) is 5.69 Å². The third-order valence-corrected chi connectivity index (χ3v) is 7.21. The highest BCUT2D eigenvalue weighted by molar-refractivity contribution is 7.92. The summed E-state index contributed by atoms with van der Waals surface area (Å²) in [6.45, 7) is 1.60. The molecule has 0 saturated carbocycles. The van der Waals surface area contributed by atoms with Crippen LogP contribution < -0.4 is 5.32 Å². The first-order chi connectivity index (χ1) is 11.7. The lowest BCUT2D eigenvalue weighted by atomic mass is 9.92. The Morgan fingerprint density at radius 3 is 2.56 bits per heavy atom. The average Bonchev–Trinajstić information content (AvgIpc) is 2.59. The van der Waals surface area contributed by atoms with Gasteiger partial charge in [-0.2, -0.15) is 0 Å². The predicted octanol–water partition coefficient (Wildman–Crippen LogP) is 0.646.